The molecule has 0 aromatic rings. The third kappa shape index (κ3) is 1.26. The van der Waals surface area contributed by atoms with Gasteiger partial charge in [-0.05, 0) is 13.0 Å². The molecule has 2 nitrogen and oxygen atoms in total. The Morgan fingerprint density at radius 3 is 2.90 bits per heavy atom. The second kappa shape index (κ2) is 2.29. The molecule has 1 rings (SSSR count). The Balaban J connectivity index is 2.80. The third-order valence-electron chi connectivity index (χ3n) is 1.64. The Hall–Kier alpha value is -1.05. The van der Waals surface area contributed by atoms with Gasteiger partial charge in [-0.25, -0.2) is 0 Å². The van der Waals surface area contributed by atoms with Crippen LogP contribution in [0, 0.1) is 5.41 Å². The van der Waals surface area contributed by atoms with Gasteiger partial charge in [0.25, 0.3) is 0 Å². The Morgan fingerprint density at radius 2 is 2.50 bits per heavy atom. The number of carbonyl (C=O) groups is 1. The topological polar surface area (TPSA) is 43.1 Å². The summed E-state index contributed by atoms with van der Waals surface area (Å²) in [5.41, 5.74) is 5.95. The van der Waals surface area contributed by atoms with Crippen molar-refractivity contribution in [2.75, 3.05) is 0 Å². The molecule has 10 heavy (non-hydrogen) atoms. The van der Waals surface area contributed by atoms with E-state index < -0.39 is 0 Å². The average Bonchev–Trinajstić information content (AvgIpc) is 1.88. The molecule has 1 aliphatic carbocycles. The lowest BCUT2D eigenvalue weighted by atomic mass is 9.84. The lowest BCUT2D eigenvalue weighted by Gasteiger charge is -2.20. The Labute approximate surface area is 60.4 Å². The maximum absolute atomic E-state index is 10.5. The second-order valence-corrected chi connectivity index (χ2v) is 2.90. The molecular formula is C8H11NO. The molecule has 2 heteroatoms. The minimum absolute atomic E-state index is 0.362. The van der Waals surface area contributed by atoms with Crippen LogP contribution >= 0.6 is 0 Å². The van der Waals surface area contributed by atoms with Gasteiger partial charge in [-0.2, -0.15) is 0 Å². The highest BCUT2D eigenvalue weighted by atomic mass is 16.1. The number of nitrogens with two attached hydrogens (primary N) is 1. The van der Waals surface area contributed by atoms with E-state index >= 15 is 0 Å². The molecule has 0 spiro atoms. The van der Waals surface area contributed by atoms with Crippen molar-refractivity contribution in [2.24, 2.45) is 11.1 Å². The van der Waals surface area contributed by atoms with E-state index in [4.69, 9.17) is 5.73 Å². The van der Waals surface area contributed by atoms with Crippen molar-refractivity contribution in [3.63, 3.8) is 0 Å². The van der Waals surface area contributed by atoms with Crippen molar-refractivity contribution in [3.8, 4) is 0 Å². The van der Waals surface area contributed by atoms with E-state index in [2.05, 4.69) is 0 Å². The normalized spacial score (nSPS) is 31.5. The molecule has 0 saturated carbocycles. The number of aldehydes is 1. The second-order valence-electron chi connectivity index (χ2n) is 2.90. The summed E-state index contributed by atoms with van der Waals surface area (Å²) in [4.78, 5) is 10.5. The van der Waals surface area contributed by atoms with E-state index in [9.17, 15) is 4.79 Å². The van der Waals surface area contributed by atoms with Gasteiger partial charge in [0.05, 0.1) is 0 Å². The molecule has 0 aromatic heterocycles. The van der Waals surface area contributed by atoms with Crippen molar-refractivity contribution in [1.29, 1.82) is 0 Å². The zero-order valence-corrected chi connectivity index (χ0v) is 6.00. The summed E-state index contributed by atoms with van der Waals surface area (Å²) in [6.45, 7) is 1.87. The van der Waals surface area contributed by atoms with Crippen LogP contribution in [0.5, 0.6) is 0 Å². The van der Waals surface area contributed by atoms with Gasteiger partial charge in [0, 0.05) is 17.5 Å². The van der Waals surface area contributed by atoms with E-state index in [-0.39, 0.29) is 5.41 Å². The van der Waals surface area contributed by atoms with E-state index in [0.717, 1.165) is 12.0 Å². The van der Waals surface area contributed by atoms with Crippen LogP contribution in [0.15, 0.2) is 23.9 Å². The predicted molar refractivity (Wildman–Crippen MR) is 40.2 cm³/mol. The number of allylic oxidation sites excluding steroid dienone is 4. The Bertz CT molecular complexity index is 205. The van der Waals surface area contributed by atoms with Crippen molar-refractivity contribution in [1.82, 2.24) is 0 Å². The molecule has 0 saturated heterocycles. The lowest BCUT2D eigenvalue weighted by molar-refractivity contribution is -0.113. The molecule has 0 fully saturated rings. The zero-order chi connectivity index (χ0) is 7.61. The largest absolute Gasteiger partial charge is 0.402 e. The van der Waals surface area contributed by atoms with Crippen LogP contribution in [-0.4, -0.2) is 6.29 Å². The molecule has 2 N–H and O–H groups in total. The third-order valence-corrected chi connectivity index (χ3v) is 1.64. The molecule has 0 aromatic carbocycles. The summed E-state index contributed by atoms with van der Waals surface area (Å²) in [5.74, 6) is 0. The zero-order valence-electron chi connectivity index (χ0n) is 6.00. The van der Waals surface area contributed by atoms with Crippen LogP contribution in [0.2, 0.25) is 0 Å². The molecular weight excluding hydrogens is 126 g/mol. The number of hydrogen-bond acceptors (Lipinski definition) is 2. The Kier molecular flexibility index (Phi) is 1.62. The summed E-state index contributed by atoms with van der Waals surface area (Å²) in [7, 11) is 0. The molecule has 0 amide bonds. The Morgan fingerprint density at radius 1 is 1.80 bits per heavy atom. The highest BCUT2D eigenvalue weighted by Crippen LogP contribution is 2.26. The van der Waals surface area contributed by atoms with Gasteiger partial charge in [-0.15, -0.1) is 0 Å². The van der Waals surface area contributed by atoms with Crippen molar-refractivity contribution in [3.05, 3.63) is 23.9 Å². The first kappa shape index (κ1) is 7.06. The molecule has 54 valence electrons. The van der Waals surface area contributed by atoms with Gasteiger partial charge in [0.2, 0.25) is 0 Å². The lowest BCUT2D eigenvalue weighted by Crippen LogP contribution is -2.20. The highest BCUT2D eigenvalue weighted by molar-refractivity contribution is 5.63. The molecule has 1 aliphatic rings. The van der Waals surface area contributed by atoms with Crippen LogP contribution in [0.25, 0.3) is 0 Å². The highest BCUT2D eigenvalue weighted by Gasteiger charge is 2.22. The standard InChI is InChI=1S/C8H11NO/c1-8(6-10)4-2-3-7(9)5-8/h2-4,6H,5,9H2,1H3. The van der Waals surface area contributed by atoms with Gasteiger partial charge in [-0.3, -0.25) is 0 Å². The van der Waals surface area contributed by atoms with E-state index in [0.29, 0.717) is 6.42 Å². The van der Waals surface area contributed by atoms with Gasteiger partial charge >= 0.3 is 0 Å². The fraction of sp³-hybridized carbons (Fsp3) is 0.375. The van der Waals surface area contributed by atoms with Gasteiger partial charge in [0.15, 0.2) is 0 Å². The number of carbonyl (C=O) groups excluding carboxylic acids is 1. The maximum Gasteiger partial charge on any atom is 0.130 e. The van der Waals surface area contributed by atoms with Gasteiger partial charge in [0.1, 0.15) is 6.29 Å². The predicted octanol–water partition coefficient (Wildman–Crippen LogP) is 0.994. The minimum Gasteiger partial charge on any atom is -0.402 e. The van der Waals surface area contributed by atoms with Crippen LogP contribution < -0.4 is 5.73 Å². The summed E-state index contributed by atoms with van der Waals surface area (Å²) >= 11 is 0. The number of hydrogen-bond donors (Lipinski definition) is 1. The first-order chi connectivity index (χ1) is 4.66. The van der Waals surface area contributed by atoms with E-state index in [1.165, 1.54) is 0 Å². The van der Waals surface area contributed by atoms with Crippen molar-refractivity contribution < 1.29 is 4.79 Å². The summed E-state index contributed by atoms with van der Waals surface area (Å²) in [6, 6.07) is 0. The molecule has 0 bridgehead atoms. The molecule has 1 atom stereocenters. The fourth-order valence-corrected chi connectivity index (χ4v) is 1.03. The summed E-state index contributed by atoms with van der Waals surface area (Å²) in [5, 5.41) is 0. The van der Waals surface area contributed by atoms with Gasteiger partial charge in [-0.1, -0.05) is 12.2 Å². The van der Waals surface area contributed by atoms with Crippen LogP contribution in [-0.2, 0) is 4.79 Å². The van der Waals surface area contributed by atoms with Crippen LogP contribution in [0.1, 0.15) is 13.3 Å². The summed E-state index contributed by atoms with van der Waals surface area (Å²) in [6.07, 6.45) is 7.10. The first-order valence-corrected chi connectivity index (χ1v) is 3.26. The molecule has 1 unspecified atom stereocenters. The SMILES string of the molecule is CC1(C=O)C=CC=C(N)C1. The van der Waals surface area contributed by atoms with Crippen molar-refractivity contribution in [2.45, 2.75) is 13.3 Å². The fourth-order valence-electron chi connectivity index (χ4n) is 1.03. The average molecular weight is 137 g/mol. The van der Waals surface area contributed by atoms with Crippen LogP contribution in [0.3, 0.4) is 0 Å². The first-order valence-electron chi connectivity index (χ1n) is 3.26. The maximum atomic E-state index is 10.5. The summed E-state index contributed by atoms with van der Waals surface area (Å²) < 4.78 is 0. The van der Waals surface area contributed by atoms with E-state index in [1.807, 2.05) is 25.2 Å². The van der Waals surface area contributed by atoms with Crippen LogP contribution in [0.4, 0.5) is 0 Å². The quantitative estimate of drug-likeness (QED) is 0.548. The van der Waals surface area contributed by atoms with E-state index in [1.54, 1.807) is 0 Å². The molecule has 0 radical (unpaired) electrons. The van der Waals surface area contributed by atoms with Crippen molar-refractivity contribution >= 4 is 6.29 Å². The monoisotopic (exact) mass is 137 g/mol. The number of rotatable bonds is 1. The smallest absolute Gasteiger partial charge is 0.130 e. The molecule has 0 heterocycles. The minimum atomic E-state index is -0.362. The molecule has 0 aliphatic heterocycles. The van der Waals surface area contributed by atoms with Gasteiger partial charge < -0.3 is 10.5 Å².